The van der Waals surface area contributed by atoms with E-state index in [9.17, 15) is 24.4 Å². The number of esters is 2. The number of rotatable bonds is 9. The molecule has 1 saturated heterocycles. The molecule has 4 rings (SSSR count). The van der Waals surface area contributed by atoms with E-state index in [1.807, 2.05) is 66.7 Å². The van der Waals surface area contributed by atoms with Crippen LogP contribution < -0.4 is 5.32 Å². The topological polar surface area (TPSA) is 126 Å². The minimum Gasteiger partial charge on any atom is -0.461 e. The van der Waals surface area contributed by atoms with Gasteiger partial charge in [-0.2, -0.15) is 5.26 Å². The molecular weight excluding hydrogens is 526 g/mol. The SMILES string of the molecule is CSC(C#N)C(=O)NC1C(=O)N2C(C(=O)OC(c3ccccc3)c3ccccc3)=C(COC(C)=O)CS[C@@H]12. The zero-order chi connectivity index (χ0) is 27.2. The smallest absolute Gasteiger partial charge is 0.356 e. The summed E-state index contributed by atoms with van der Waals surface area (Å²) in [6.45, 7) is 1.08. The average molecular weight is 552 g/mol. The monoisotopic (exact) mass is 551 g/mol. The molecule has 3 atom stereocenters. The van der Waals surface area contributed by atoms with Gasteiger partial charge in [0.05, 0.1) is 6.07 Å². The molecule has 2 unspecified atom stereocenters. The molecule has 2 aliphatic rings. The molecule has 2 aromatic carbocycles. The van der Waals surface area contributed by atoms with Gasteiger partial charge in [-0.25, -0.2) is 4.79 Å². The van der Waals surface area contributed by atoms with E-state index in [2.05, 4.69) is 5.32 Å². The van der Waals surface area contributed by atoms with E-state index in [1.165, 1.54) is 23.6 Å². The summed E-state index contributed by atoms with van der Waals surface area (Å²) in [7, 11) is 0. The molecule has 1 N–H and O–H groups in total. The zero-order valence-corrected chi connectivity index (χ0v) is 22.3. The lowest BCUT2D eigenvalue weighted by molar-refractivity contribution is -0.155. The molecule has 9 nitrogen and oxygen atoms in total. The van der Waals surface area contributed by atoms with Gasteiger partial charge < -0.3 is 14.8 Å². The summed E-state index contributed by atoms with van der Waals surface area (Å²) in [4.78, 5) is 52.2. The first kappa shape index (κ1) is 27.3. The number of hydrogen-bond donors (Lipinski definition) is 1. The Labute approximate surface area is 228 Å². The molecule has 11 heteroatoms. The standard InChI is InChI=1S/C27H25N3O6S2/c1-16(31)35-14-19-15-38-26-21(29-24(32)20(13-28)37-2)25(33)30(26)22(19)27(34)36-23(17-9-5-3-6-10-17)18-11-7-4-8-12-18/h3-12,20-21,23,26H,14-15H2,1-2H3,(H,29,32)/t20?,21?,26-/m0/s1. The summed E-state index contributed by atoms with van der Waals surface area (Å²) in [5.74, 6) is -2.05. The third-order valence-electron chi connectivity index (χ3n) is 6.01. The fourth-order valence-corrected chi connectivity index (χ4v) is 5.88. The van der Waals surface area contributed by atoms with Crippen LogP contribution in [-0.2, 0) is 28.7 Å². The molecule has 0 aliphatic carbocycles. The first-order chi connectivity index (χ1) is 18.3. The van der Waals surface area contributed by atoms with Crippen LogP contribution in [0.4, 0.5) is 0 Å². The lowest BCUT2D eigenvalue weighted by atomic mass is 10.0. The van der Waals surface area contributed by atoms with E-state index in [0.29, 0.717) is 5.57 Å². The number of nitrogens with one attached hydrogen (secondary N) is 1. The summed E-state index contributed by atoms with van der Waals surface area (Å²) in [5, 5.41) is 10.3. The maximum Gasteiger partial charge on any atom is 0.356 e. The lowest BCUT2D eigenvalue weighted by Gasteiger charge is -2.49. The lowest BCUT2D eigenvalue weighted by Crippen LogP contribution is -2.71. The van der Waals surface area contributed by atoms with Crippen molar-refractivity contribution in [2.45, 2.75) is 29.7 Å². The highest BCUT2D eigenvalue weighted by Gasteiger charge is 2.55. The number of fused-ring (bicyclic) bond motifs is 1. The van der Waals surface area contributed by atoms with Gasteiger partial charge in [0, 0.05) is 18.2 Å². The van der Waals surface area contributed by atoms with Gasteiger partial charge in [-0.1, -0.05) is 60.7 Å². The van der Waals surface area contributed by atoms with Crippen LogP contribution in [0.5, 0.6) is 0 Å². The summed E-state index contributed by atoms with van der Waals surface area (Å²) in [6, 6.07) is 19.5. The fraction of sp³-hybridized carbons (Fsp3) is 0.296. The highest BCUT2D eigenvalue weighted by atomic mass is 32.2. The number of hydrogen-bond acceptors (Lipinski definition) is 9. The van der Waals surface area contributed by atoms with E-state index >= 15 is 0 Å². The molecule has 0 aromatic heterocycles. The van der Waals surface area contributed by atoms with E-state index in [-0.39, 0.29) is 18.1 Å². The number of carbonyl (C=O) groups is 4. The van der Waals surface area contributed by atoms with E-state index in [0.717, 1.165) is 22.9 Å². The Bertz CT molecular complexity index is 1260. The second-order valence-corrected chi connectivity index (χ2v) is 10.5. The van der Waals surface area contributed by atoms with Crippen LogP contribution in [0.1, 0.15) is 24.2 Å². The van der Waals surface area contributed by atoms with Gasteiger partial charge in [-0.05, 0) is 17.4 Å². The quantitative estimate of drug-likeness (QED) is 0.370. The van der Waals surface area contributed by atoms with Crippen molar-refractivity contribution in [2.24, 2.45) is 0 Å². The molecule has 1 fully saturated rings. The number of nitriles is 1. The normalized spacial score (nSPS) is 19.1. The molecular formula is C27H25N3O6S2. The van der Waals surface area contributed by atoms with Gasteiger partial charge in [0.1, 0.15) is 23.7 Å². The Morgan fingerprint density at radius 2 is 1.74 bits per heavy atom. The third-order valence-corrected chi connectivity index (χ3v) is 8.14. The molecule has 196 valence electrons. The van der Waals surface area contributed by atoms with Crippen molar-refractivity contribution in [3.8, 4) is 6.07 Å². The number of β-lactam (4-membered cyclic amide) rings is 1. The minimum absolute atomic E-state index is 0.00376. The van der Waals surface area contributed by atoms with Crippen LogP contribution in [0, 0.1) is 11.3 Å². The van der Waals surface area contributed by atoms with Gasteiger partial charge in [0.25, 0.3) is 5.91 Å². The molecule has 0 bridgehead atoms. The van der Waals surface area contributed by atoms with Crippen molar-refractivity contribution in [3.05, 3.63) is 83.1 Å². The van der Waals surface area contributed by atoms with Gasteiger partial charge in [0.2, 0.25) is 5.91 Å². The average Bonchev–Trinajstić information content (AvgIpc) is 2.94. The van der Waals surface area contributed by atoms with Crippen LogP contribution in [0.15, 0.2) is 71.9 Å². The third kappa shape index (κ3) is 5.71. The first-order valence-corrected chi connectivity index (χ1v) is 14.0. The Balaban J connectivity index is 1.63. The molecule has 2 amide bonds. The van der Waals surface area contributed by atoms with Gasteiger partial charge in [-0.15, -0.1) is 23.5 Å². The number of carbonyl (C=O) groups excluding carboxylic acids is 4. The molecule has 38 heavy (non-hydrogen) atoms. The van der Waals surface area contributed by atoms with Crippen molar-refractivity contribution >= 4 is 47.3 Å². The number of nitrogens with zero attached hydrogens (tertiary/aromatic N) is 2. The summed E-state index contributed by atoms with van der Waals surface area (Å²) in [5.41, 5.74) is 1.93. The van der Waals surface area contributed by atoms with Crippen LogP contribution in [0.2, 0.25) is 0 Å². The van der Waals surface area contributed by atoms with Crippen LogP contribution in [0.25, 0.3) is 0 Å². The highest BCUT2D eigenvalue weighted by Crippen LogP contribution is 2.41. The molecule has 2 heterocycles. The second-order valence-electron chi connectivity index (χ2n) is 8.48. The maximum atomic E-state index is 13.7. The van der Waals surface area contributed by atoms with E-state index < -0.39 is 46.5 Å². The van der Waals surface area contributed by atoms with Crippen molar-refractivity contribution < 1.29 is 28.7 Å². The number of ether oxygens (including phenoxy) is 2. The van der Waals surface area contributed by atoms with Crippen LogP contribution >= 0.6 is 23.5 Å². The first-order valence-electron chi connectivity index (χ1n) is 11.7. The Morgan fingerprint density at radius 1 is 1.13 bits per heavy atom. The predicted molar refractivity (Wildman–Crippen MR) is 142 cm³/mol. The molecule has 2 aliphatic heterocycles. The van der Waals surface area contributed by atoms with E-state index in [4.69, 9.17) is 9.47 Å². The van der Waals surface area contributed by atoms with Crippen molar-refractivity contribution in [2.75, 3.05) is 18.6 Å². The van der Waals surface area contributed by atoms with Crippen LogP contribution in [-0.4, -0.2) is 63.9 Å². The van der Waals surface area contributed by atoms with Crippen molar-refractivity contribution in [3.63, 3.8) is 0 Å². The van der Waals surface area contributed by atoms with Crippen molar-refractivity contribution in [1.29, 1.82) is 5.26 Å². The Hall–Kier alpha value is -3.75. The summed E-state index contributed by atoms with van der Waals surface area (Å²) in [6.07, 6.45) is 0.886. The fourth-order valence-electron chi connectivity index (χ4n) is 4.17. The number of amides is 2. The molecule has 2 aromatic rings. The number of thioether (sulfide) groups is 2. The van der Waals surface area contributed by atoms with Gasteiger partial charge >= 0.3 is 11.9 Å². The maximum absolute atomic E-state index is 13.7. The highest BCUT2D eigenvalue weighted by molar-refractivity contribution is 8.00. The van der Waals surface area contributed by atoms with Crippen LogP contribution in [0.3, 0.4) is 0 Å². The zero-order valence-electron chi connectivity index (χ0n) is 20.7. The van der Waals surface area contributed by atoms with Crippen molar-refractivity contribution in [1.82, 2.24) is 10.2 Å². The van der Waals surface area contributed by atoms with E-state index in [1.54, 1.807) is 6.26 Å². The Morgan fingerprint density at radius 3 is 2.26 bits per heavy atom. The number of benzene rings is 2. The molecule has 0 radical (unpaired) electrons. The molecule has 0 spiro atoms. The largest absolute Gasteiger partial charge is 0.461 e. The van der Waals surface area contributed by atoms with Gasteiger partial charge in [0.15, 0.2) is 11.4 Å². The minimum atomic E-state index is -0.956. The summed E-state index contributed by atoms with van der Waals surface area (Å²) >= 11 is 2.40. The Kier molecular flexibility index (Phi) is 8.76. The second kappa shape index (κ2) is 12.2. The predicted octanol–water partition coefficient (Wildman–Crippen LogP) is 2.79. The molecule has 0 saturated carbocycles. The van der Waals surface area contributed by atoms with Gasteiger partial charge in [-0.3, -0.25) is 19.3 Å². The summed E-state index contributed by atoms with van der Waals surface area (Å²) < 4.78 is 11.2.